The van der Waals surface area contributed by atoms with Crippen molar-refractivity contribution in [1.29, 1.82) is 0 Å². The van der Waals surface area contributed by atoms with Gasteiger partial charge < -0.3 is 9.29 Å². The maximum absolute atomic E-state index is 10.7. The smallest absolute Gasteiger partial charge is 0.485 e. The Morgan fingerprint density at radius 2 is 1.68 bits per heavy atom. The third-order valence-corrected chi connectivity index (χ3v) is 5.76. The van der Waals surface area contributed by atoms with Gasteiger partial charge in [0.2, 0.25) is 5.52 Å². The number of aromatic nitrogens is 1. The Morgan fingerprint density at radius 3 is 2.29 bits per heavy atom. The highest BCUT2D eigenvalue weighted by Crippen LogP contribution is 2.34. The van der Waals surface area contributed by atoms with E-state index in [1.54, 1.807) is 7.11 Å². The lowest BCUT2D eigenvalue weighted by Crippen LogP contribution is -2.30. The Kier molecular flexibility index (Phi) is 5.22. The van der Waals surface area contributed by atoms with Crippen LogP contribution in [0.1, 0.15) is 0 Å². The molecular formula is C18H14F3NO4S2. The molecule has 0 aliphatic carbocycles. The lowest BCUT2D eigenvalue weighted by Gasteiger charge is -2.08. The van der Waals surface area contributed by atoms with Gasteiger partial charge in [0.1, 0.15) is 11.7 Å². The zero-order valence-electron chi connectivity index (χ0n) is 14.6. The van der Waals surface area contributed by atoms with Crippen molar-refractivity contribution in [3.8, 4) is 5.75 Å². The lowest BCUT2D eigenvalue weighted by atomic mass is 10.1. The molecular weight excluding hydrogens is 415 g/mol. The number of aryl methyl sites for hydroxylation is 1. The largest absolute Gasteiger partial charge is 0.741 e. The highest BCUT2D eigenvalue weighted by atomic mass is 32.2. The van der Waals surface area contributed by atoms with E-state index < -0.39 is 15.6 Å². The molecule has 0 N–H and O–H groups in total. The predicted octanol–water partition coefficient (Wildman–Crippen LogP) is 4.09. The monoisotopic (exact) mass is 429 g/mol. The van der Waals surface area contributed by atoms with E-state index in [9.17, 15) is 13.2 Å². The second kappa shape index (κ2) is 7.19. The van der Waals surface area contributed by atoms with Crippen LogP contribution in [-0.4, -0.2) is 25.6 Å². The molecule has 0 aliphatic heterocycles. The van der Waals surface area contributed by atoms with Crippen LogP contribution in [-0.2, 0) is 17.2 Å². The first-order chi connectivity index (χ1) is 13.0. The van der Waals surface area contributed by atoms with Crippen molar-refractivity contribution >= 4 is 52.7 Å². The maximum Gasteiger partial charge on any atom is 0.485 e. The van der Waals surface area contributed by atoms with Crippen molar-refractivity contribution in [3.05, 3.63) is 48.5 Å². The number of para-hydroxylation sites is 1. The number of rotatable bonds is 1. The molecule has 0 atom stereocenters. The molecule has 4 rings (SSSR count). The molecule has 0 bridgehead atoms. The van der Waals surface area contributed by atoms with Gasteiger partial charge in [0, 0.05) is 4.70 Å². The molecule has 0 unspecified atom stereocenters. The fourth-order valence-corrected chi connectivity index (χ4v) is 4.11. The third-order valence-electron chi connectivity index (χ3n) is 4.09. The molecule has 2 heterocycles. The first-order valence-electron chi connectivity index (χ1n) is 7.83. The molecule has 0 radical (unpaired) electrons. The minimum atomic E-state index is -6.09. The minimum absolute atomic E-state index is 0.919. The van der Waals surface area contributed by atoms with Crippen LogP contribution in [0.2, 0.25) is 0 Å². The number of pyridine rings is 1. The van der Waals surface area contributed by atoms with Gasteiger partial charge in [-0.25, -0.2) is 8.42 Å². The number of hydrogen-bond acceptors (Lipinski definition) is 5. The van der Waals surface area contributed by atoms with Gasteiger partial charge in [-0.05, 0) is 30.3 Å². The SMILES string of the molecule is COc1cccc2cc3sc4ccccc4c3[n+](C)c12.O=S(=O)([O-])C(F)(F)F. The summed E-state index contributed by atoms with van der Waals surface area (Å²) < 4.78 is 69.3. The van der Waals surface area contributed by atoms with Crippen molar-refractivity contribution in [3.63, 3.8) is 0 Å². The lowest BCUT2D eigenvalue weighted by molar-refractivity contribution is -0.617. The van der Waals surface area contributed by atoms with E-state index in [0.717, 1.165) is 11.3 Å². The molecule has 0 fully saturated rings. The molecule has 28 heavy (non-hydrogen) atoms. The number of alkyl halides is 3. The number of fused-ring (bicyclic) bond motifs is 4. The van der Waals surface area contributed by atoms with E-state index in [-0.39, 0.29) is 0 Å². The van der Waals surface area contributed by atoms with Crippen LogP contribution in [0.4, 0.5) is 13.2 Å². The first-order valence-corrected chi connectivity index (χ1v) is 10.1. The summed E-state index contributed by atoms with van der Waals surface area (Å²) in [5.41, 5.74) is -3.22. The summed E-state index contributed by atoms with van der Waals surface area (Å²) in [5.74, 6) is 0.919. The van der Waals surface area contributed by atoms with Crippen molar-refractivity contribution in [2.45, 2.75) is 5.51 Å². The van der Waals surface area contributed by atoms with Crippen LogP contribution in [0.25, 0.3) is 31.2 Å². The Morgan fingerprint density at radius 1 is 1.04 bits per heavy atom. The quantitative estimate of drug-likeness (QED) is 0.260. The summed E-state index contributed by atoms with van der Waals surface area (Å²) in [7, 11) is -2.25. The van der Waals surface area contributed by atoms with E-state index in [1.807, 2.05) is 23.5 Å². The van der Waals surface area contributed by atoms with Crippen molar-refractivity contribution < 1.29 is 35.4 Å². The van der Waals surface area contributed by atoms with Crippen LogP contribution in [0, 0.1) is 0 Å². The van der Waals surface area contributed by atoms with Crippen LogP contribution in [0.5, 0.6) is 5.75 Å². The summed E-state index contributed by atoms with van der Waals surface area (Å²) in [6.45, 7) is 0. The van der Waals surface area contributed by atoms with Gasteiger partial charge in [0.15, 0.2) is 15.9 Å². The Hall–Kier alpha value is -2.43. The molecule has 148 valence electrons. The number of halogens is 3. The van der Waals surface area contributed by atoms with Gasteiger partial charge in [-0.3, -0.25) is 0 Å². The first kappa shape index (κ1) is 20.3. The molecule has 0 amide bonds. The highest BCUT2D eigenvalue weighted by molar-refractivity contribution is 7.86. The molecule has 2 aromatic heterocycles. The van der Waals surface area contributed by atoms with Crippen LogP contribution >= 0.6 is 11.3 Å². The predicted molar refractivity (Wildman–Crippen MR) is 100 cm³/mol. The third kappa shape index (κ3) is 3.62. The molecule has 4 aromatic rings. The summed E-state index contributed by atoms with van der Waals surface area (Å²) >= 11 is 1.84. The minimum Gasteiger partial charge on any atom is -0.741 e. The number of nitrogens with zero attached hydrogens (tertiary/aromatic N) is 1. The topological polar surface area (TPSA) is 70.3 Å². The van der Waals surface area contributed by atoms with E-state index in [0.29, 0.717) is 0 Å². The standard InChI is InChI=1S/C17H14NOS.CHF3O3S/c1-18-16-11(6-5-8-13(16)19-2)10-15-17(18)12-7-3-4-9-14(12)20-15;2-1(3,4)8(5,6)7/h3-10H,1-2H3;(H,5,6,7)/q+1;/p-1. The number of benzene rings is 2. The average molecular weight is 429 g/mol. The second-order valence-electron chi connectivity index (χ2n) is 5.81. The zero-order chi connectivity index (χ0) is 20.7. The Balaban J connectivity index is 0.000000242. The number of ether oxygens (including phenoxy) is 1. The van der Waals surface area contributed by atoms with Gasteiger partial charge >= 0.3 is 5.51 Å². The summed E-state index contributed by atoms with van der Waals surface area (Å²) in [6, 6.07) is 17.0. The molecule has 5 nitrogen and oxygen atoms in total. The second-order valence-corrected chi connectivity index (χ2v) is 8.27. The highest BCUT2D eigenvalue weighted by Gasteiger charge is 2.36. The Bertz CT molecular complexity index is 1280. The number of thiophene rings is 1. The molecule has 2 aromatic carbocycles. The van der Waals surface area contributed by atoms with E-state index >= 15 is 0 Å². The van der Waals surface area contributed by atoms with E-state index in [2.05, 4.69) is 48.0 Å². The van der Waals surface area contributed by atoms with Gasteiger partial charge in [-0.1, -0.05) is 18.2 Å². The van der Waals surface area contributed by atoms with Gasteiger partial charge in [0.05, 0.1) is 17.9 Å². The molecule has 0 saturated heterocycles. The van der Waals surface area contributed by atoms with Crippen LogP contribution in [0.15, 0.2) is 48.5 Å². The number of methoxy groups -OCH3 is 1. The molecule has 0 aliphatic rings. The van der Waals surface area contributed by atoms with Gasteiger partial charge in [-0.2, -0.15) is 17.7 Å². The molecule has 0 spiro atoms. The van der Waals surface area contributed by atoms with Crippen molar-refractivity contribution in [2.24, 2.45) is 7.05 Å². The summed E-state index contributed by atoms with van der Waals surface area (Å²) in [4.78, 5) is 0. The van der Waals surface area contributed by atoms with Crippen molar-refractivity contribution in [2.75, 3.05) is 7.11 Å². The number of hydrogen-bond donors (Lipinski definition) is 0. The zero-order valence-corrected chi connectivity index (χ0v) is 16.3. The van der Waals surface area contributed by atoms with E-state index in [4.69, 9.17) is 17.7 Å². The normalized spacial score (nSPS) is 12.2. The summed E-state index contributed by atoms with van der Waals surface area (Å²) in [6.07, 6.45) is 0. The van der Waals surface area contributed by atoms with Crippen LogP contribution in [0.3, 0.4) is 0 Å². The van der Waals surface area contributed by atoms with Crippen molar-refractivity contribution in [1.82, 2.24) is 0 Å². The molecule has 0 saturated carbocycles. The van der Waals surface area contributed by atoms with Crippen LogP contribution < -0.4 is 9.30 Å². The Labute approximate surface area is 162 Å². The fourth-order valence-electron chi connectivity index (χ4n) is 2.93. The average Bonchev–Trinajstić information content (AvgIpc) is 2.98. The van der Waals surface area contributed by atoms with Gasteiger partial charge in [0.25, 0.3) is 5.52 Å². The fraction of sp³-hybridized carbons (Fsp3) is 0.167. The maximum atomic E-state index is 10.7. The van der Waals surface area contributed by atoms with Gasteiger partial charge in [-0.15, -0.1) is 11.3 Å². The molecule has 10 heteroatoms. The summed E-state index contributed by atoms with van der Waals surface area (Å²) in [5, 5.41) is 2.52. The van der Waals surface area contributed by atoms with E-state index in [1.165, 1.54) is 25.7 Å².